The minimum Gasteiger partial charge on any atom is -0.383 e. The fraction of sp³-hybridized carbons (Fsp3) is 0.143. The summed E-state index contributed by atoms with van der Waals surface area (Å²) in [6.45, 7) is 4.25. The average molecular weight is 328 g/mol. The molecule has 3 N–H and O–H groups in total. The quantitative estimate of drug-likeness (QED) is 0.570. The van der Waals surface area contributed by atoms with Gasteiger partial charge >= 0.3 is 0 Å². The molecule has 4 heteroatoms. The second-order valence-corrected chi connectivity index (χ2v) is 6.30. The molecule has 0 aliphatic carbocycles. The second kappa shape index (κ2) is 6.06. The lowest BCUT2D eigenvalue weighted by Crippen LogP contribution is -2.01. The van der Waals surface area contributed by atoms with Crippen LogP contribution in [0.5, 0.6) is 0 Å². The van der Waals surface area contributed by atoms with Gasteiger partial charge in [0.05, 0.1) is 11.7 Å². The van der Waals surface area contributed by atoms with Gasteiger partial charge in [0.2, 0.25) is 0 Å². The monoisotopic (exact) mass is 328 g/mol. The van der Waals surface area contributed by atoms with Gasteiger partial charge in [-0.1, -0.05) is 42.8 Å². The van der Waals surface area contributed by atoms with Crippen LogP contribution < -0.4 is 5.73 Å². The molecule has 0 aliphatic heterocycles. The number of nitrogens with one attached hydrogen (secondary N) is 1. The van der Waals surface area contributed by atoms with Crippen molar-refractivity contribution in [3.05, 3.63) is 66.0 Å². The van der Waals surface area contributed by atoms with Crippen LogP contribution in [0.1, 0.15) is 18.1 Å². The number of fused-ring (bicyclic) bond motifs is 1. The lowest BCUT2D eigenvalue weighted by atomic mass is 9.91. The van der Waals surface area contributed by atoms with E-state index in [1.807, 2.05) is 12.4 Å². The highest BCUT2D eigenvalue weighted by atomic mass is 15.1. The highest BCUT2D eigenvalue weighted by Crippen LogP contribution is 2.36. The molecule has 0 atom stereocenters. The van der Waals surface area contributed by atoms with Crippen LogP contribution in [0.2, 0.25) is 0 Å². The molecule has 0 amide bonds. The maximum absolute atomic E-state index is 6.26. The van der Waals surface area contributed by atoms with Crippen LogP contribution in [0.4, 0.5) is 5.82 Å². The molecule has 124 valence electrons. The Labute approximate surface area is 146 Å². The molecule has 0 saturated heterocycles. The topological polar surface area (TPSA) is 67.6 Å². The van der Waals surface area contributed by atoms with Crippen LogP contribution in [0, 0.1) is 6.92 Å². The zero-order chi connectivity index (χ0) is 17.4. The highest BCUT2D eigenvalue weighted by molar-refractivity contribution is 5.88. The predicted octanol–water partition coefficient (Wildman–Crippen LogP) is 4.74. The van der Waals surface area contributed by atoms with Crippen LogP contribution in [0.15, 0.2) is 54.9 Å². The molecular weight excluding hydrogens is 308 g/mol. The van der Waals surface area contributed by atoms with Crippen molar-refractivity contribution >= 4 is 16.7 Å². The van der Waals surface area contributed by atoms with E-state index in [2.05, 4.69) is 71.5 Å². The molecule has 4 aromatic rings. The molecule has 0 saturated carbocycles. The zero-order valence-electron chi connectivity index (χ0n) is 14.4. The molecule has 2 aromatic heterocycles. The van der Waals surface area contributed by atoms with Gasteiger partial charge in [-0.3, -0.25) is 5.10 Å². The molecule has 4 nitrogen and oxygen atoms in total. The Bertz CT molecular complexity index is 1050. The van der Waals surface area contributed by atoms with Crippen molar-refractivity contribution in [2.24, 2.45) is 0 Å². The number of hydrogen-bond donors (Lipinski definition) is 2. The Hall–Kier alpha value is -3.14. The van der Waals surface area contributed by atoms with Crippen molar-refractivity contribution in [2.45, 2.75) is 20.3 Å². The normalized spacial score (nSPS) is 11.1. The third-order valence-electron chi connectivity index (χ3n) is 4.66. The number of hydrogen-bond acceptors (Lipinski definition) is 3. The molecule has 0 bridgehead atoms. The lowest BCUT2D eigenvalue weighted by Gasteiger charge is -2.16. The fourth-order valence-corrected chi connectivity index (χ4v) is 3.33. The van der Waals surface area contributed by atoms with Crippen LogP contribution in [0.3, 0.4) is 0 Å². The summed E-state index contributed by atoms with van der Waals surface area (Å²) in [5, 5.41) is 8.19. The molecule has 4 rings (SSSR count). The van der Waals surface area contributed by atoms with Crippen molar-refractivity contribution in [2.75, 3.05) is 5.73 Å². The van der Waals surface area contributed by atoms with Gasteiger partial charge in [0, 0.05) is 22.7 Å². The Kier molecular flexibility index (Phi) is 3.73. The third kappa shape index (κ3) is 2.66. The minimum absolute atomic E-state index is 0.578. The fourth-order valence-electron chi connectivity index (χ4n) is 3.33. The molecule has 0 spiro atoms. The number of aromatic amines is 1. The van der Waals surface area contributed by atoms with Crippen molar-refractivity contribution in [3.8, 4) is 22.3 Å². The minimum atomic E-state index is 0.578. The van der Waals surface area contributed by atoms with Gasteiger partial charge in [-0.05, 0) is 42.2 Å². The number of benzene rings is 2. The van der Waals surface area contributed by atoms with E-state index in [1.54, 1.807) is 0 Å². The molecule has 25 heavy (non-hydrogen) atoms. The largest absolute Gasteiger partial charge is 0.383 e. The van der Waals surface area contributed by atoms with Crippen LogP contribution in [-0.4, -0.2) is 15.2 Å². The van der Waals surface area contributed by atoms with Crippen molar-refractivity contribution < 1.29 is 0 Å². The van der Waals surface area contributed by atoms with Crippen LogP contribution in [-0.2, 0) is 6.42 Å². The zero-order valence-corrected chi connectivity index (χ0v) is 14.4. The summed E-state index contributed by atoms with van der Waals surface area (Å²) in [5.74, 6) is 0.578. The van der Waals surface area contributed by atoms with E-state index >= 15 is 0 Å². The number of rotatable bonds is 3. The first kappa shape index (κ1) is 15.4. The van der Waals surface area contributed by atoms with E-state index in [4.69, 9.17) is 5.73 Å². The van der Waals surface area contributed by atoms with E-state index in [9.17, 15) is 0 Å². The van der Waals surface area contributed by atoms with Crippen molar-refractivity contribution in [1.82, 2.24) is 15.2 Å². The average Bonchev–Trinajstić information content (AvgIpc) is 3.10. The van der Waals surface area contributed by atoms with Gasteiger partial charge in [0.1, 0.15) is 5.82 Å². The SMILES string of the molecule is CCc1c(-c2ccc3[nH]ncc3c2)cnc(N)c1-c1ccc(C)cc1. The second-order valence-electron chi connectivity index (χ2n) is 6.30. The summed E-state index contributed by atoms with van der Waals surface area (Å²) < 4.78 is 0. The summed E-state index contributed by atoms with van der Waals surface area (Å²) in [5.41, 5.74) is 14.1. The predicted molar refractivity (Wildman–Crippen MR) is 103 cm³/mol. The number of aromatic nitrogens is 3. The van der Waals surface area contributed by atoms with Gasteiger partial charge in [-0.25, -0.2) is 4.98 Å². The van der Waals surface area contributed by atoms with E-state index in [-0.39, 0.29) is 0 Å². The standard InChI is InChI=1S/C21H20N4/c1-3-17-18(15-8-9-19-16(10-15)11-24-25-19)12-23-21(22)20(17)14-6-4-13(2)5-7-14/h4-12H,3H2,1-2H3,(H2,22,23)(H,24,25). The number of pyridine rings is 1. The summed E-state index contributed by atoms with van der Waals surface area (Å²) in [7, 11) is 0. The summed E-state index contributed by atoms with van der Waals surface area (Å²) in [4.78, 5) is 4.48. The van der Waals surface area contributed by atoms with Gasteiger partial charge in [-0.15, -0.1) is 0 Å². The molecule has 0 unspecified atom stereocenters. The Balaban J connectivity index is 1.94. The van der Waals surface area contributed by atoms with Gasteiger partial charge in [-0.2, -0.15) is 5.10 Å². The lowest BCUT2D eigenvalue weighted by molar-refractivity contribution is 1.12. The maximum atomic E-state index is 6.26. The number of aryl methyl sites for hydroxylation is 1. The smallest absolute Gasteiger partial charge is 0.131 e. The van der Waals surface area contributed by atoms with E-state index in [1.165, 1.54) is 11.1 Å². The summed E-state index contributed by atoms with van der Waals surface area (Å²) in [6.07, 6.45) is 4.61. The Morgan fingerprint density at radius 2 is 1.76 bits per heavy atom. The summed E-state index contributed by atoms with van der Waals surface area (Å²) >= 11 is 0. The third-order valence-corrected chi connectivity index (χ3v) is 4.66. The maximum Gasteiger partial charge on any atom is 0.131 e. The first-order chi connectivity index (χ1) is 12.2. The van der Waals surface area contributed by atoms with Crippen LogP contribution >= 0.6 is 0 Å². The van der Waals surface area contributed by atoms with Crippen LogP contribution in [0.25, 0.3) is 33.2 Å². The Morgan fingerprint density at radius 3 is 2.52 bits per heavy atom. The van der Waals surface area contributed by atoms with Crippen molar-refractivity contribution in [1.29, 1.82) is 0 Å². The van der Waals surface area contributed by atoms with Gasteiger partial charge in [0.15, 0.2) is 0 Å². The number of nitrogens with two attached hydrogens (primary N) is 1. The number of anilines is 1. The van der Waals surface area contributed by atoms with E-state index < -0.39 is 0 Å². The molecule has 0 fully saturated rings. The molecule has 2 aromatic carbocycles. The molecular formula is C21H20N4. The first-order valence-corrected chi connectivity index (χ1v) is 8.45. The van der Waals surface area contributed by atoms with Gasteiger partial charge < -0.3 is 5.73 Å². The van der Waals surface area contributed by atoms with E-state index in [0.29, 0.717) is 5.82 Å². The molecule has 0 aliphatic rings. The molecule has 2 heterocycles. The number of H-pyrrole nitrogens is 1. The van der Waals surface area contributed by atoms with Crippen molar-refractivity contribution in [3.63, 3.8) is 0 Å². The molecule has 0 radical (unpaired) electrons. The first-order valence-electron chi connectivity index (χ1n) is 8.45. The van der Waals surface area contributed by atoms with E-state index in [0.717, 1.165) is 39.6 Å². The van der Waals surface area contributed by atoms with Gasteiger partial charge in [0.25, 0.3) is 0 Å². The summed E-state index contributed by atoms with van der Waals surface area (Å²) in [6, 6.07) is 14.8. The number of nitrogens with zero attached hydrogens (tertiary/aromatic N) is 2. The highest BCUT2D eigenvalue weighted by Gasteiger charge is 2.15. The number of nitrogen functional groups attached to an aromatic ring is 1. The Morgan fingerprint density at radius 1 is 1.00 bits per heavy atom.